The van der Waals surface area contributed by atoms with Gasteiger partial charge in [0.2, 0.25) is 0 Å². The molecule has 0 amide bonds. The first kappa shape index (κ1) is 13.5. The van der Waals surface area contributed by atoms with Gasteiger partial charge in [0.1, 0.15) is 0 Å². The Morgan fingerprint density at radius 3 is 2.00 bits per heavy atom. The second kappa shape index (κ2) is 7.64. The van der Waals surface area contributed by atoms with Gasteiger partial charge in [0.15, 0.2) is 0 Å². The quantitative estimate of drug-likeness (QED) is 0.607. The van der Waals surface area contributed by atoms with Crippen molar-refractivity contribution in [1.82, 2.24) is 4.90 Å². The third-order valence-electron chi connectivity index (χ3n) is 2.74. The third-order valence-corrected chi connectivity index (χ3v) is 2.74. The minimum atomic E-state index is 0.352. The van der Waals surface area contributed by atoms with Gasteiger partial charge in [-0.2, -0.15) is 0 Å². The summed E-state index contributed by atoms with van der Waals surface area (Å²) in [5.74, 6) is 0. The summed E-state index contributed by atoms with van der Waals surface area (Å²) in [6.45, 7) is 13.2. The van der Waals surface area contributed by atoms with Gasteiger partial charge in [-0.15, -0.1) is 19.7 Å². The van der Waals surface area contributed by atoms with Crippen LogP contribution in [-0.2, 0) is 0 Å². The van der Waals surface area contributed by atoms with Crippen molar-refractivity contribution in [1.29, 1.82) is 0 Å². The highest BCUT2D eigenvalue weighted by atomic mass is 15.1. The van der Waals surface area contributed by atoms with Crippen LogP contribution in [0.15, 0.2) is 68.3 Å². The Morgan fingerprint density at radius 2 is 1.53 bits per heavy atom. The smallest absolute Gasteiger partial charge is 0.0389 e. The Labute approximate surface area is 105 Å². The monoisotopic (exact) mass is 227 g/mol. The van der Waals surface area contributed by atoms with Gasteiger partial charge in [0.05, 0.1) is 0 Å². The molecule has 0 saturated carbocycles. The molecule has 1 rings (SSSR count). The summed E-state index contributed by atoms with van der Waals surface area (Å²) in [4.78, 5) is 2.34. The van der Waals surface area contributed by atoms with E-state index in [1.807, 2.05) is 24.3 Å². The van der Waals surface area contributed by atoms with Gasteiger partial charge in [-0.05, 0) is 12.0 Å². The Balaban J connectivity index is 2.92. The molecule has 0 bridgehead atoms. The van der Waals surface area contributed by atoms with Crippen LogP contribution in [0.1, 0.15) is 18.0 Å². The van der Waals surface area contributed by atoms with E-state index in [0.717, 1.165) is 19.5 Å². The van der Waals surface area contributed by atoms with Gasteiger partial charge in [-0.1, -0.05) is 48.6 Å². The molecular formula is C16H21N. The molecule has 1 aromatic rings. The fourth-order valence-corrected chi connectivity index (χ4v) is 1.99. The first-order valence-corrected chi connectivity index (χ1v) is 5.95. The zero-order valence-electron chi connectivity index (χ0n) is 10.4. The molecular weight excluding hydrogens is 206 g/mol. The molecule has 1 unspecified atom stereocenters. The Kier molecular flexibility index (Phi) is 6.05. The second-order valence-electron chi connectivity index (χ2n) is 3.98. The summed E-state index contributed by atoms with van der Waals surface area (Å²) in [6.07, 6.45) is 6.77. The first-order chi connectivity index (χ1) is 8.33. The predicted octanol–water partition coefficient (Wildman–Crippen LogP) is 3.98. The Bertz CT molecular complexity index is 343. The van der Waals surface area contributed by atoms with Crippen molar-refractivity contribution in [3.8, 4) is 0 Å². The van der Waals surface area contributed by atoms with Crippen molar-refractivity contribution in [2.45, 2.75) is 12.5 Å². The molecule has 0 aliphatic heterocycles. The van der Waals surface area contributed by atoms with E-state index in [-0.39, 0.29) is 0 Å². The molecule has 0 aliphatic carbocycles. The molecule has 0 aliphatic rings. The number of hydrogen-bond acceptors (Lipinski definition) is 1. The molecule has 1 atom stereocenters. The summed E-state index contributed by atoms with van der Waals surface area (Å²) in [5, 5.41) is 0. The largest absolute Gasteiger partial charge is 0.289 e. The van der Waals surface area contributed by atoms with Crippen LogP contribution in [-0.4, -0.2) is 18.0 Å². The minimum Gasteiger partial charge on any atom is -0.289 e. The highest BCUT2D eigenvalue weighted by Crippen LogP contribution is 2.24. The van der Waals surface area contributed by atoms with Crippen LogP contribution in [0.3, 0.4) is 0 Å². The summed E-state index contributed by atoms with van der Waals surface area (Å²) in [5.41, 5.74) is 1.32. The molecule has 1 nitrogen and oxygen atoms in total. The zero-order valence-corrected chi connectivity index (χ0v) is 10.4. The number of hydrogen-bond donors (Lipinski definition) is 0. The molecule has 0 saturated heterocycles. The topological polar surface area (TPSA) is 3.24 Å². The van der Waals surface area contributed by atoms with Gasteiger partial charge in [-0.3, -0.25) is 4.90 Å². The van der Waals surface area contributed by atoms with Crippen LogP contribution >= 0.6 is 0 Å². The highest BCUT2D eigenvalue weighted by molar-refractivity contribution is 5.20. The fraction of sp³-hybridized carbons (Fsp3) is 0.250. The summed E-state index contributed by atoms with van der Waals surface area (Å²) in [7, 11) is 0. The van der Waals surface area contributed by atoms with Gasteiger partial charge < -0.3 is 0 Å². The van der Waals surface area contributed by atoms with E-state index in [1.165, 1.54) is 5.56 Å². The number of rotatable bonds is 8. The number of benzene rings is 1. The molecule has 90 valence electrons. The van der Waals surface area contributed by atoms with Crippen LogP contribution < -0.4 is 0 Å². The van der Waals surface area contributed by atoms with Crippen molar-refractivity contribution < 1.29 is 0 Å². The van der Waals surface area contributed by atoms with Gasteiger partial charge in [0, 0.05) is 19.1 Å². The third kappa shape index (κ3) is 4.04. The second-order valence-corrected chi connectivity index (χ2v) is 3.98. The van der Waals surface area contributed by atoms with Crippen molar-refractivity contribution in [2.75, 3.05) is 13.1 Å². The SMILES string of the molecule is C=CCC(c1ccccc1)N(CC=C)CC=C. The predicted molar refractivity (Wildman–Crippen MR) is 76.0 cm³/mol. The van der Waals surface area contributed by atoms with Crippen molar-refractivity contribution in [3.63, 3.8) is 0 Å². The van der Waals surface area contributed by atoms with Gasteiger partial charge in [-0.25, -0.2) is 0 Å². The summed E-state index contributed by atoms with van der Waals surface area (Å²) in [6, 6.07) is 10.9. The molecule has 1 heteroatoms. The van der Waals surface area contributed by atoms with Gasteiger partial charge in [0.25, 0.3) is 0 Å². The van der Waals surface area contributed by atoms with E-state index in [9.17, 15) is 0 Å². The first-order valence-electron chi connectivity index (χ1n) is 5.95. The average Bonchev–Trinajstić information content (AvgIpc) is 2.37. The van der Waals surface area contributed by atoms with Gasteiger partial charge >= 0.3 is 0 Å². The molecule has 0 N–H and O–H groups in total. The van der Waals surface area contributed by atoms with Crippen molar-refractivity contribution in [2.24, 2.45) is 0 Å². The molecule has 0 spiro atoms. The fourth-order valence-electron chi connectivity index (χ4n) is 1.99. The Hall–Kier alpha value is -1.60. The number of nitrogens with zero attached hydrogens (tertiary/aromatic N) is 1. The molecule has 17 heavy (non-hydrogen) atoms. The van der Waals surface area contributed by atoms with E-state index >= 15 is 0 Å². The summed E-state index contributed by atoms with van der Waals surface area (Å²) >= 11 is 0. The maximum absolute atomic E-state index is 3.85. The van der Waals surface area contributed by atoms with E-state index in [4.69, 9.17) is 0 Å². The lowest BCUT2D eigenvalue weighted by Gasteiger charge is -2.29. The van der Waals surface area contributed by atoms with Crippen LogP contribution in [0.2, 0.25) is 0 Å². The summed E-state index contributed by atoms with van der Waals surface area (Å²) < 4.78 is 0. The molecule has 1 aromatic carbocycles. The van der Waals surface area contributed by atoms with Crippen LogP contribution in [0.4, 0.5) is 0 Å². The van der Waals surface area contributed by atoms with Crippen LogP contribution in [0, 0.1) is 0 Å². The molecule has 0 fully saturated rings. The Morgan fingerprint density at radius 1 is 0.941 bits per heavy atom. The lowest BCUT2D eigenvalue weighted by molar-refractivity contribution is 0.244. The molecule has 0 aromatic heterocycles. The minimum absolute atomic E-state index is 0.352. The van der Waals surface area contributed by atoms with Crippen molar-refractivity contribution in [3.05, 3.63) is 73.9 Å². The lowest BCUT2D eigenvalue weighted by atomic mass is 10.0. The van der Waals surface area contributed by atoms with Crippen LogP contribution in [0.5, 0.6) is 0 Å². The highest BCUT2D eigenvalue weighted by Gasteiger charge is 2.16. The molecule has 0 heterocycles. The van der Waals surface area contributed by atoms with E-state index < -0.39 is 0 Å². The molecule has 0 radical (unpaired) electrons. The normalized spacial score (nSPS) is 12.1. The maximum Gasteiger partial charge on any atom is 0.0389 e. The zero-order chi connectivity index (χ0) is 12.5. The average molecular weight is 227 g/mol. The van der Waals surface area contributed by atoms with E-state index in [2.05, 4.69) is 48.9 Å². The van der Waals surface area contributed by atoms with E-state index in [0.29, 0.717) is 6.04 Å². The van der Waals surface area contributed by atoms with Crippen LogP contribution in [0.25, 0.3) is 0 Å². The van der Waals surface area contributed by atoms with E-state index in [1.54, 1.807) is 0 Å². The maximum atomic E-state index is 3.85. The van der Waals surface area contributed by atoms with Crippen molar-refractivity contribution >= 4 is 0 Å². The lowest BCUT2D eigenvalue weighted by Crippen LogP contribution is -2.29. The standard InChI is InChI=1S/C16H21N/c1-4-10-16(15-11-8-7-9-12-15)17(13-5-2)14-6-3/h4-9,11-12,16H,1-3,10,13-14H2.